The number of aliphatic hydroxyl groups excluding tert-OH is 1. The number of carbonyl (C=O) groups excluding carboxylic acids is 5. The molecule has 32 heavy (non-hydrogen) atoms. The minimum absolute atomic E-state index is 0.0727. The molecule has 0 aliphatic heterocycles. The summed E-state index contributed by atoms with van der Waals surface area (Å²) in [6, 6.07) is -5.77. The zero-order valence-corrected chi connectivity index (χ0v) is 18.5. The van der Waals surface area contributed by atoms with Crippen molar-refractivity contribution in [1.82, 2.24) is 16.0 Å². The fraction of sp³-hybridized carbons (Fsp3) is 0.647. The summed E-state index contributed by atoms with van der Waals surface area (Å²) in [4.78, 5) is 70.8. The molecule has 14 nitrogen and oxygen atoms in total. The topological polar surface area (TPSA) is 257 Å². The molecule has 0 saturated carbocycles. The third kappa shape index (κ3) is 10.9. The van der Waals surface area contributed by atoms with Crippen molar-refractivity contribution in [2.24, 2.45) is 17.2 Å². The van der Waals surface area contributed by atoms with Gasteiger partial charge in [-0.2, -0.15) is 11.8 Å². The van der Waals surface area contributed by atoms with Crippen molar-refractivity contribution in [3.05, 3.63) is 0 Å². The molecule has 0 aromatic rings. The number of hydrogen-bond acceptors (Lipinski definition) is 9. The molecule has 5 unspecified atom stereocenters. The van der Waals surface area contributed by atoms with Gasteiger partial charge in [-0.3, -0.25) is 24.0 Å². The van der Waals surface area contributed by atoms with E-state index in [9.17, 15) is 33.9 Å². The molecule has 0 heterocycles. The van der Waals surface area contributed by atoms with Crippen molar-refractivity contribution in [2.45, 2.75) is 56.5 Å². The number of primary amides is 2. The molecule has 0 aromatic carbocycles. The summed E-state index contributed by atoms with van der Waals surface area (Å²) >= 11 is 1.34. The van der Waals surface area contributed by atoms with Crippen molar-refractivity contribution in [3.63, 3.8) is 0 Å². The molecule has 15 heteroatoms. The van der Waals surface area contributed by atoms with E-state index < -0.39 is 78.6 Å². The molecular weight excluding hydrogens is 448 g/mol. The molecule has 11 N–H and O–H groups in total. The van der Waals surface area contributed by atoms with Crippen LogP contribution < -0.4 is 33.2 Å². The summed E-state index contributed by atoms with van der Waals surface area (Å²) < 4.78 is 0. The predicted molar refractivity (Wildman–Crippen MR) is 114 cm³/mol. The van der Waals surface area contributed by atoms with Crippen LogP contribution in [-0.2, 0) is 28.8 Å². The Hall–Kier alpha value is -2.91. The Morgan fingerprint density at radius 1 is 0.875 bits per heavy atom. The smallest absolute Gasteiger partial charge is 0.328 e. The second-order valence-electron chi connectivity index (χ2n) is 6.92. The van der Waals surface area contributed by atoms with E-state index in [0.29, 0.717) is 5.75 Å². The quantitative estimate of drug-likeness (QED) is 0.112. The van der Waals surface area contributed by atoms with Crippen molar-refractivity contribution in [1.29, 1.82) is 0 Å². The summed E-state index contributed by atoms with van der Waals surface area (Å²) in [6.45, 7) is 1.17. The van der Waals surface area contributed by atoms with E-state index in [0.717, 1.165) is 0 Å². The highest BCUT2D eigenvalue weighted by atomic mass is 32.2. The number of aliphatic hydroxyl groups is 1. The number of nitrogens with one attached hydrogen (secondary N) is 3. The van der Waals surface area contributed by atoms with E-state index in [1.54, 1.807) is 6.26 Å². The third-order valence-corrected chi connectivity index (χ3v) is 4.73. The average molecular weight is 479 g/mol. The Labute approximate surface area is 188 Å². The normalized spacial score (nSPS) is 15.4. The highest BCUT2D eigenvalue weighted by molar-refractivity contribution is 7.98. The number of carbonyl (C=O) groups is 6. The summed E-state index contributed by atoms with van der Waals surface area (Å²) in [5, 5.41) is 25.3. The van der Waals surface area contributed by atoms with E-state index >= 15 is 0 Å². The van der Waals surface area contributed by atoms with Crippen LogP contribution in [0.4, 0.5) is 0 Å². The average Bonchev–Trinajstić information content (AvgIpc) is 2.66. The van der Waals surface area contributed by atoms with Gasteiger partial charge in [0.2, 0.25) is 29.5 Å². The summed E-state index contributed by atoms with van der Waals surface area (Å²) in [6.07, 6.45) is -0.747. The van der Waals surface area contributed by atoms with Gasteiger partial charge in [-0.15, -0.1) is 0 Å². The minimum Gasteiger partial charge on any atom is -0.480 e. The molecule has 0 aliphatic carbocycles. The Bertz CT molecular complexity index is 719. The van der Waals surface area contributed by atoms with Gasteiger partial charge >= 0.3 is 5.97 Å². The molecule has 0 aromatic heterocycles. The van der Waals surface area contributed by atoms with Crippen LogP contribution in [0.1, 0.15) is 26.2 Å². The molecule has 0 fully saturated rings. The maximum Gasteiger partial charge on any atom is 0.328 e. The minimum atomic E-state index is -1.62. The zero-order chi connectivity index (χ0) is 25.0. The molecule has 0 spiro atoms. The van der Waals surface area contributed by atoms with Crippen LogP contribution in [0.2, 0.25) is 0 Å². The van der Waals surface area contributed by atoms with Crippen molar-refractivity contribution in [2.75, 3.05) is 12.0 Å². The Morgan fingerprint density at radius 2 is 1.38 bits per heavy atom. The number of amides is 5. The second kappa shape index (κ2) is 14.2. The van der Waals surface area contributed by atoms with Crippen LogP contribution in [-0.4, -0.2) is 88.0 Å². The lowest BCUT2D eigenvalue weighted by Crippen LogP contribution is -2.59. The Kier molecular flexibility index (Phi) is 12.9. The number of aliphatic carboxylic acids is 1. The molecule has 0 rings (SSSR count). The molecular formula is C17H30N6O8S. The van der Waals surface area contributed by atoms with Gasteiger partial charge in [0.1, 0.15) is 12.1 Å². The molecule has 0 aliphatic rings. The molecule has 0 bridgehead atoms. The first-order valence-electron chi connectivity index (χ1n) is 9.43. The van der Waals surface area contributed by atoms with Crippen LogP contribution in [0.3, 0.4) is 0 Å². The van der Waals surface area contributed by atoms with E-state index in [-0.39, 0.29) is 6.42 Å². The number of hydrogen-bond donors (Lipinski definition) is 8. The lowest BCUT2D eigenvalue weighted by atomic mass is 10.1. The lowest BCUT2D eigenvalue weighted by Gasteiger charge is -2.25. The van der Waals surface area contributed by atoms with E-state index in [1.165, 1.54) is 18.7 Å². The first-order valence-corrected chi connectivity index (χ1v) is 10.8. The third-order valence-electron chi connectivity index (χ3n) is 4.09. The van der Waals surface area contributed by atoms with E-state index in [2.05, 4.69) is 16.0 Å². The first-order chi connectivity index (χ1) is 14.8. The second-order valence-corrected chi connectivity index (χ2v) is 7.90. The van der Waals surface area contributed by atoms with Crippen LogP contribution in [0.15, 0.2) is 0 Å². The molecule has 5 amide bonds. The van der Waals surface area contributed by atoms with Gasteiger partial charge in [0.15, 0.2) is 6.04 Å². The van der Waals surface area contributed by atoms with Gasteiger partial charge in [0.05, 0.1) is 25.0 Å². The van der Waals surface area contributed by atoms with E-state index in [1.807, 2.05) is 0 Å². The molecule has 0 radical (unpaired) electrons. The first kappa shape index (κ1) is 29.1. The molecule has 5 atom stereocenters. The summed E-state index contributed by atoms with van der Waals surface area (Å²) in [7, 11) is 0. The van der Waals surface area contributed by atoms with Crippen LogP contribution in [0.5, 0.6) is 0 Å². The van der Waals surface area contributed by atoms with Crippen LogP contribution in [0.25, 0.3) is 0 Å². The van der Waals surface area contributed by atoms with Crippen molar-refractivity contribution >= 4 is 47.3 Å². The largest absolute Gasteiger partial charge is 0.480 e. The fourth-order valence-electron chi connectivity index (χ4n) is 2.42. The SMILES string of the molecule is CSCCC(NC(=O)C(CC(N)=O)NC(=O)C(N)CC(N)=O)C(=O)NC(C(=O)O)C(C)O. The number of carboxylic acid groups (broad SMARTS) is 1. The van der Waals surface area contributed by atoms with Gasteiger partial charge in [-0.25, -0.2) is 4.79 Å². The van der Waals surface area contributed by atoms with Crippen molar-refractivity contribution < 1.29 is 39.0 Å². The van der Waals surface area contributed by atoms with Gasteiger partial charge in [0, 0.05) is 0 Å². The molecule has 182 valence electrons. The predicted octanol–water partition coefficient (Wildman–Crippen LogP) is -4.26. The van der Waals surface area contributed by atoms with Crippen LogP contribution >= 0.6 is 11.8 Å². The van der Waals surface area contributed by atoms with Gasteiger partial charge < -0.3 is 43.4 Å². The maximum atomic E-state index is 12.7. The zero-order valence-electron chi connectivity index (χ0n) is 17.7. The van der Waals surface area contributed by atoms with E-state index in [4.69, 9.17) is 22.3 Å². The van der Waals surface area contributed by atoms with Gasteiger partial charge in [0.25, 0.3) is 0 Å². The number of rotatable bonds is 15. The summed E-state index contributed by atoms with van der Waals surface area (Å²) in [5.74, 6) is -5.70. The number of carboxylic acids is 1. The highest BCUT2D eigenvalue weighted by Crippen LogP contribution is 2.05. The van der Waals surface area contributed by atoms with Gasteiger partial charge in [-0.1, -0.05) is 0 Å². The monoisotopic (exact) mass is 478 g/mol. The van der Waals surface area contributed by atoms with Crippen LogP contribution in [0, 0.1) is 0 Å². The maximum absolute atomic E-state index is 12.7. The number of nitrogens with two attached hydrogens (primary N) is 3. The highest BCUT2D eigenvalue weighted by Gasteiger charge is 2.32. The van der Waals surface area contributed by atoms with Gasteiger partial charge in [-0.05, 0) is 25.4 Å². The fourth-order valence-corrected chi connectivity index (χ4v) is 2.89. The molecule has 0 saturated heterocycles. The summed E-state index contributed by atoms with van der Waals surface area (Å²) in [5.41, 5.74) is 15.6. The standard InChI is InChI=1S/C17H30N6O8S/c1-7(24)13(17(30)31)23-15(28)9(3-4-32-2)21-16(29)10(6-12(20)26)22-14(27)8(18)5-11(19)25/h7-10,13,24H,3-6,18H2,1-2H3,(H2,19,25)(H2,20,26)(H,21,29)(H,22,27)(H,23,28)(H,30,31). The number of thioether (sulfide) groups is 1. The van der Waals surface area contributed by atoms with Crippen molar-refractivity contribution in [3.8, 4) is 0 Å². The Balaban J connectivity index is 5.48. The Morgan fingerprint density at radius 3 is 1.81 bits per heavy atom. The lowest BCUT2D eigenvalue weighted by molar-refractivity contribution is -0.145.